The molecule has 1 heterocycles. The van der Waals surface area contributed by atoms with Gasteiger partial charge in [0.1, 0.15) is 12.1 Å². The van der Waals surface area contributed by atoms with E-state index in [1.165, 1.54) is 0 Å². The Balaban J connectivity index is 1.88. The molecule has 2 aliphatic rings. The summed E-state index contributed by atoms with van der Waals surface area (Å²) in [6, 6.07) is -0.544. The molecule has 0 spiro atoms. The number of amides is 4. The summed E-state index contributed by atoms with van der Waals surface area (Å²) in [7, 11) is 0. The van der Waals surface area contributed by atoms with Crippen LogP contribution in [0.15, 0.2) is 0 Å². The van der Waals surface area contributed by atoms with Crippen LogP contribution >= 0.6 is 0 Å². The zero-order valence-electron chi connectivity index (χ0n) is 12.6. The van der Waals surface area contributed by atoms with E-state index in [0.29, 0.717) is 6.54 Å². The number of rotatable bonds is 5. The first-order valence-electron chi connectivity index (χ1n) is 7.31. The largest absolute Gasteiger partial charge is 0.396 e. The van der Waals surface area contributed by atoms with Gasteiger partial charge in [-0.1, -0.05) is 12.8 Å². The molecular weight excluding hydrogens is 274 g/mol. The molecule has 7 nitrogen and oxygen atoms in total. The Morgan fingerprint density at radius 2 is 1.95 bits per heavy atom. The van der Waals surface area contributed by atoms with Crippen LogP contribution < -0.4 is 10.6 Å². The van der Waals surface area contributed by atoms with Gasteiger partial charge in [0.15, 0.2) is 0 Å². The average molecular weight is 297 g/mol. The van der Waals surface area contributed by atoms with Crippen molar-refractivity contribution in [1.82, 2.24) is 15.5 Å². The van der Waals surface area contributed by atoms with E-state index in [2.05, 4.69) is 10.6 Å². The van der Waals surface area contributed by atoms with Crippen LogP contribution in [0.1, 0.15) is 39.5 Å². The Bertz CT molecular complexity index is 455. The highest BCUT2D eigenvalue weighted by Crippen LogP contribution is 2.36. The summed E-state index contributed by atoms with van der Waals surface area (Å²) in [6.45, 7) is 3.35. The monoisotopic (exact) mass is 297 g/mol. The molecule has 4 amide bonds. The molecule has 2 rings (SSSR count). The minimum atomic E-state index is -0.963. The number of nitrogens with zero attached hydrogens (tertiary/aromatic N) is 1. The van der Waals surface area contributed by atoms with Crippen LogP contribution in [0.4, 0.5) is 4.79 Å². The minimum absolute atomic E-state index is 0.0451. The van der Waals surface area contributed by atoms with Crippen molar-refractivity contribution in [3.05, 3.63) is 0 Å². The third-order valence-corrected chi connectivity index (χ3v) is 4.41. The first-order valence-corrected chi connectivity index (χ1v) is 7.31. The molecule has 118 valence electrons. The molecule has 1 aliphatic heterocycles. The SMILES string of the molecule is CC1(C)NC(=O)N(CC(=O)NCC2(CO)CCCC2)C1=O. The predicted molar refractivity (Wildman–Crippen MR) is 75.3 cm³/mol. The van der Waals surface area contributed by atoms with Crippen LogP contribution in [0.3, 0.4) is 0 Å². The molecule has 0 atom stereocenters. The van der Waals surface area contributed by atoms with Gasteiger partial charge in [0.25, 0.3) is 5.91 Å². The van der Waals surface area contributed by atoms with Gasteiger partial charge in [0.05, 0.1) is 6.61 Å². The van der Waals surface area contributed by atoms with E-state index in [0.717, 1.165) is 30.6 Å². The Kier molecular flexibility index (Phi) is 4.22. The van der Waals surface area contributed by atoms with Crippen molar-refractivity contribution in [1.29, 1.82) is 0 Å². The maximum absolute atomic E-state index is 12.0. The van der Waals surface area contributed by atoms with Crippen molar-refractivity contribution in [2.24, 2.45) is 5.41 Å². The minimum Gasteiger partial charge on any atom is -0.396 e. The van der Waals surface area contributed by atoms with Gasteiger partial charge in [0.2, 0.25) is 5.91 Å². The molecule has 0 aromatic carbocycles. The highest BCUT2D eigenvalue weighted by Gasteiger charge is 2.45. The van der Waals surface area contributed by atoms with E-state index in [1.54, 1.807) is 13.8 Å². The molecule has 2 fully saturated rings. The molecular formula is C14H23N3O4. The van der Waals surface area contributed by atoms with Crippen LogP contribution in [0.5, 0.6) is 0 Å². The number of nitrogens with one attached hydrogen (secondary N) is 2. The first kappa shape index (κ1) is 15.8. The topological polar surface area (TPSA) is 98.7 Å². The normalized spacial score (nSPS) is 23.3. The molecule has 1 aliphatic carbocycles. The van der Waals surface area contributed by atoms with Crippen LogP contribution in [0.2, 0.25) is 0 Å². The highest BCUT2D eigenvalue weighted by molar-refractivity contribution is 6.08. The quantitative estimate of drug-likeness (QED) is 0.621. The Morgan fingerprint density at radius 1 is 1.33 bits per heavy atom. The van der Waals surface area contributed by atoms with Gasteiger partial charge in [-0.05, 0) is 26.7 Å². The number of carbonyl (C=O) groups excluding carboxylic acids is 3. The first-order chi connectivity index (χ1) is 9.80. The van der Waals surface area contributed by atoms with Gasteiger partial charge in [-0.2, -0.15) is 0 Å². The summed E-state index contributed by atoms with van der Waals surface area (Å²) in [5.41, 5.74) is -1.21. The number of aliphatic hydroxyl groups is 1. The summed E-state index contributed by atoms with van der Waals surface area (Å²) in [6.07, 6.45) is 3.88. The van der Waals surface area contributed by atoms with Crippen molar-refractivity contribution >= 4 is 17.8 Å². The zero-order chi connectivity index (χ0) is 15.7. The highest BCUT2D eigenvalue weighted by atomic mass is 16.3. The molecule has 0 bridgehead atoms. The van der Waals surface area contributed by atoms with Crippen LogP contribution in [0, 0.1) is 5.41 Å². The summed E-state index contributed by atoms with van der Waals surface area (Å²) in [5.74, 6) is -0.781. The number of imide groups is 1. The summed E-state index contributed by atoms with van der Waals surface area (Å²) in [4.78, 5) is 36.5. The van der Waals surface area contributed by atoms with E-state index in [-0.39, 0.29) is 24.5 Å². The molecule has 0 aromatic heterocycles. The van der Waals surface area contributed by atoms with Crippen molar-refractivity contribution in [3.8, 4) is 0 Å². The van der Waals surface area contributed by atoms with Crippen molar-refractivity contribution < 1.29 is 19.5 Å². The summed E-state index contributed by atoms with van der Waals surface area (Å²) < 4.78 is 0. The number of urea groups is 1. The molecule has 1 saturated carbocycles. The Morgan fingerprint density at radius 3 is 2.43 bits per heavy atom. The summed E-state index contributed by atoms with van der Waals surface area (Å²) in [5, 5.41) is 14.8. The lowest BCUT2D eigenvalue weighted by Crippen LogP contribution is -2.45. The van der Waals surface area contributed by atoms with Gasteiger partial charge in [0, 0.05) is 12.0 Å². The number of hydrogen-bond donors (Lipinski definition) is 3. The smallest absolute Gasteiger partial charge is 0.325 e. The van der Waals surface area contributed by atoms with Gasteiger partial charge in [-0.15, -0.1) is 0 Å². The zero-order valence-corrected chi connectivity index (χ0v) is 12.6. The second-order valence-electron chi connectivity index (χ2n) is 6.59. The van der Waals surface area contributed by atoms with E-state index in [1.807, 2.05) is 0 Å². The second kappa shape index (κ2) is 5.63. The van der Waals surface area contributed by atoms with Crippen molar-refractivity contribution in [2.45, 2.75) is 45.1 Å². The molecule has 1 saturated heterocycles. The Labute approximate surface area is 124 Å². The fourth-order valence-electron chi connectivity index (χ4n) is 2.96. The molecule has 3 N–H and O–H groups in total. The second-order valence-corrected chi connectivity index (χ2v) is 6.59. The van der Waals surface area contributed by atoms with Crippen molar-refractivity contribution in [2.75, 3.05) is 19.7 Å². The number of aliphatic hydroxyl groups excluding tert-OH is 1. The fourth-order valence-corrected chi connectivity index (χ4v) is 2.96. The molecule has 0 radical (unpaired) electrons. The molecule has 0 aromatic rings. The third kappa shape index (κ3) is 3.18. The van der Waals surface area contributed by atoms with E-state index in [4.69, 9.17) is 0 Å². The third-order valence-electron chi connectivity index (χ3n) is 4.41. The van der Waals surface area contributed by atoms with E-state index < -0.39 is 17.5 Å². The van der Waals surface area contributed by atoms with Gasteiger partial charge >= 0.3 is 6.03 Å². The Hall–Kier alpha value is -1.63. The molecule has 7 heteroatoms. The van der Waals surface area contributed by atoms with Gasteiger partial charge in [-0.25, -0.2) is 4.79 Å². The van der Waals surface area contributed by atoms with E-state index in [9.17, 15) is 19.5 Å². The maximum Gasteiger partial charge on any atom is 0.325 e. The number of carbonyl (C=O) groups is 3. The molecule has 21 heavy (non-hydrogen) atoms. The van der Waals surface area contributed by atoms with Crippen LogP contribution in [-0.2, 0) is 9.59 Å². The summed E-state index contributed by atoms with van der Waals surface area (Å²) >= 11 is 0. The predicted octanol–water partition coefficient (Wildman–Crippen LogP) is -0.0143. The van der Waals surface area contributed by atoms with Gasteiger partial charge < -0.3 is 15.7 Å². The van der Waals surface area contributed by atoms with Crippen LogP contribution in [-0.4, -0.2) is 53.1 Å². The average Bonchev–Trinajstić information content (AvgIpc) is 2.96. The van der Waals surface area contributed by atoms with E-state index >= 15 is 0 Å². The van der Waals surface area contributed by atoms with Gasteiger partial charge in [-0.3, -0.25) is 14.5 Å². The standard InChI is InChI=1S/C14H23N3O4/c1-13(2)11(20)17(12(21)16-13)7-10(19)15-8-14(9-18)5-3-4-6-14/h18H,3-9H2,1-2H3,(H,15,19)(H,16,21). The lowest BCUT2D eigenvalue weighted by Gasteiger charge is -2.27. The maximum atomic E-state index is 12.0. The fraction of sp³-hybridized carbons (Fsp3) is 0.786. The molecule has 0 unspecified atom stereocenters. The van der Waals surface area contributed by atoms with Crippen LogP contribution in [0.25, 0.3) is 0 Å². The lowest BCUT2D eigenvalue weighted by molar-refractivity contribution is -0.134. The number of hydrogen-bond acceptors (Lipinski definition) is 4. The lowest BCUT2D eigenvalue weighted by atomic mass is 9.87. The van der Waals surface area contributed by atoms with Crippen molar-refractivity contribution in [3.63, 3.8) is 0 Å².